The number of para-hydroxylation sites is 4. The van der Waals surface area contributed by atoms with Crippen LogP contribution in [0.3, 0.4) is 0 Å². The van der Waals surface area contributed by atoms with E-state index in [1.807, 2.05) is 0 Å². The van der Waals surface area contributed by atoms with Gasteiger partial charge in [-0.1, -0.05) is 133 Å². The molecule has 236 valence electrons. The van der Waals surface area contributed by atoms with E-state index in [-0.39, 0.29) is 0 Å². The van der Waals surface area contributed by atoms with Gasteiger partial charge in [0.15, 0.2) is 0 Å². The van der Waals surface area contributed by atoms with Gasteiger partial charge in [-0.25, -0.2) is 0 Å². The minimum absolute atomic E-state index is 0.423. The van der Waals surface area contributed by atoms with Gasteiger partial charge in [0.2, 0.25) is 0 Å². The molecule has 0 aliphatic heterocycles. The van der Waals surface area contributed by atoms with Crippen molar-refractivity contribution in [2.24, 2.45) is 0 Å². The molecular formula is C46H38N2Si. The number of hydrogen-bond donors (Lipinski definition) is 0. The molecule has 0 amide bonds. The quantitative estimate of drug-likeness (QED) is 0.168. The molecule has 0 saturated heterocycles. The van der Waals surface area contributed by atoms with E-state index in [1.165, 1.54) is 88.4 Å². The molecule has 0 saturated carbocycles. The summed E-state index contributed by atoms with van der Waals surface area (Å²) in [5.41, 5.74) is 17.2. The van der Waals surface area contributed by atoms with Gasteiger partial charge in [0, 0.05) is 43.8 Å². The van der Waals surface area contributed by atoms with E-state index < -0.39 is 8.07 Å². The highest BCUT2D eigenvalue weighted by Gasteiger charge is 2.47. The van der Waals surface area contributed by atoms with Crippen LogP contribution in [0.15, 0.2) is 145 Å². The molecule has 8 aromatic rings. The molecule has 2 unspecified atom stereocenters. The molecule has 0 radical (unpaired) electrons. The van der Waals surface area contributed by atoms with Gasteiger partial charge >= 0.3 is 0 Å². The minimum atomic E-state index is -2.05. The molecule has 49 heavy (non-hydrogen) atoms. The highest BCUT2D eigenvalue weighted by Crippen LogP contribution is 2.54. The summed E-state index contributed by atoms with van der Waals surface area (Å²) in [5.74, 6) is 0. The van der Waals surface area contributed by atoms with Crippen LogP contribution in [0.2, 0.25) is 13.1 Å². The third kappa shape index (κ3) is 3.88. The summed E-state index contributed by atoms with van der Waals surface area (Å²) in [6.45, 7) is 10.1. The average molecular weight is 647 g/mol. The normalized spacial score (nSPS) is 17.2. The Hall–Kier alpha value is -5.38. The maximum absolute atomic E-state index is 2.64. The zero-order chi connectivity index (χ0) is 33.0. The molecule has 2 atom stereocenters. The van der Waals surface area contributed by atoms with Crippen molar-refractivity contribution >= 4 is 63.8 Å². The predicted molar refractivity (Wildman–Crippen MR) is 212 cm³/mol. The zero-order valence-electron chi connectivity index (χ0n) is 28.4. The molecular weight excluding hydrogens is 609 g/mol. The van der Waals surface area contributed by atoms with Crippen molar-refractivity contribution in [3.05, 3.63) is 167 Å². The van der Waals surface area contributed by atoms with Crippen molar-refractivity contribution in [3.8, 4) is 11.4 Å². The van der Waals surface area contributed by atoms with Crippen LogP contribution in [0.1, 0.15) is 47.2 Å². The standard InChI is InChI=1S/C46H38N2Si/c1-29-27-37-35(19-13-25-43(37)47-39-21-9-5-15-31(39)32-16-6-10-22-40(32)47)45(29)49(3,4)46-30(2)28-38-36(46)20-14-26-44(38)48-41-23-11-7-17-33(41)34-18-8-12-24-42(34)48/h5-28,45-46H,1-4H3. The Morgan fingerprint density at radius 1 is 0.408 bits per heavy atom. The molecule has 0 bridgehead atoms. The van der Waals surface area contributed by atoms with Crippen molar-refractivity contribution < 1.29 is 0 Å². The fourth-order valence-corrected chi connectivity index (χ4v) is 14.9. The lowest BCUT2D eigenvalue weighted by Crippen LogP contribution is -2.42. The summed E-state index contributed by atoms with van der Waals surface area (Å²) in [6.07, 6.45) is 5.02. The topological polar surface area (TPSA) is 9.86 Å². The first-order valence-corrected chi connectivity index (χ1v) is 20.7. The number of benzene rings is 6. The van der Waals surface area contributed by atoms with E-state index in [0.717, 1.165) is 0 Å². The van der Waals surface area contributed by atoms with Crippen molar-refractivity contribution in [2.45, 2.75) is 38.0 Å². The fourth-order valence-electron chi connectivity index (χ4n) is 9.97. The summed E-state index contributed by atoms with van der Waals surface area (Å²) in [7, 11) is -2.05. The van der Waals surface area contributed by atoms with Gasteiger partial charge in [-0.15, -0.1) is 0 Å². The van der Waals surface area contributed by atoms with Gasteiger partial charge in [-0.3, -0.25) is 0 Å². The lowest BCUT2D eigenvalue weighted by Gasteiger charge is -2.39. The number of nitrogens with zero attached hydrogens (tertiary/aromatic N) is 2. The Balaban J connectivity index is 1.13. The van der Waals surface area contributed by atoms with Crippen molar-refractivity contribution in [1.29, 1.82) is 0 Å². The molecule has 0 spiro atoms. The molecule has 2 heterocycles. The third-order valence-electron chi connectivity index (χ3n) is 11.6. The second-order valence-corrected chi connectivity index (χ2v) is 19.6. The summed E-state index contributed by atoms with van der Waals surface area (Å²) >= 11 is 0. The number of aromatic nitrogens is 2. The number of rotatable bonds is 4. The largest absolute Gasteiger partial charge is 0.309 e. The molecule has 0 N–H and O–H groups in total. The Bertz CT molecular complexity index is 2440. The second kappa shape index (κ2) is 10.3. The van der Waals surface area contributed by atoms with E-state index >= 15 is 0 Å². The van der Waals surface area contributed by atoms with E-state index in [2.05, 4.69) is 182 Å². The predicted octanol–water partition coefficient (Wildman–Crippen LogP) is 12.4. The third-order valence-corrected chi connectivity index (χ3v) is 16.1. The number of hydrogen-bond acceptors (Lipinski definition) is 0. The van der Waals surface area contributed by atoms with E-state index in [9.17, 15) is 0 Å². The Kier molecular flexibility index (Phi) is 6.02. The van der Waals surface area contributed by atoms with Crippen LogP contribution < -0.4 is 0 Å². The highest BCUT2D eigenvalue weighted by atomic mass is 28.3. The Morgan fingerprint density at radius 2 is 0.735 bits per heavy atom. The summed E-state index contributed by atoms with van der Waals surface area (Å²) in [5, 5.41) is 5.23. The molecule has 0 fully saturated rings. The summed E-state index contributed by atoms with van der Waals surface area (Å²) < 4.78 is 5.00. The first kappa shape index (κ1) is 28.6. The Morgan fingerprint density at radius 3 is 1.08 bits per heavy atom. The van der Waals surface area contributed by atoms with Gasteiger partial charge in [0.05, 0.1) is 41.5 Å². The van der Waals surface area contributed by atoms with Gasteiger partial charge < -0.3 is 9.13 Å². The second-order valence-electron chi connectivity index (χ2n) is 14.8. The van der Waals surface area contributed by atoms with Crippen molar-refractivity contribution in [1.82, 2.24) is 9.13 Å². The smallest absolute Gasteiger partial charge is 0.0722 e. The highest BCUT2D eigenvalue weighted by molar-refractivity contribution is 6.81. The molecule has 2 aliphatic rings. The summed E-state index contributed by atoms with van der Waals surface area (Å²) in [6, 6.07) is 49.5. The van der Waals surface area contributed by atoms with Gasteiger partial charge in [-0.2, -0.15) is 0 Å². The summed E-state index contributed by atoms with van der Waals surface area (Å²) in [4.78, 5) is 0. The molecule has 2 aliphatic carbocycles. The van der Waals surface area contributed by atoms with Crippen molar-refractivity contribution in [3.63, 3.8) is 0 Å². The van der Waals surface area contributed by atoms with Crippen LogP contribution in [-0.4, -0.2) is 17.2 Å². The maximum Gasteiger partial charge on any atom is 0.0722 e. The molecule has 10 rings (SSSR count). The van der Waals surface area contributed by atoms with Crippen LogP contribution in [0, 0.1) is 0 Å². The molecule has 3 heteroatoms. The Labute approximate surface area is 288 Å². The molecule has 6 aromatic carbocycles. The zero-order valence-corrected chi connectivity index (χ0v) is 29.4. The van der Waals surface area contributed by atoms with Gasteiger partial charge in [0.1, 0.15) is 0 Å². The monoisotopic (exact) mass is 646 g/mol. The molecule has 2 aromatic heterocycles. The maximum atomic E-state index is 2.64. The minimum Gasteiger partial charge on any atom is -0.309 e. The lowest BCUT2D eigenvalue weighted by atomic mass is 10.1. The van der Waals surface area contributed by atoms with Crippen molar-refractivity contribution in [2.75, 3.05) is 0 Å². The number of allylic oxidation sites excluding steroid dienone is 2. The lowest BCUT2D eigenvalue weighted by molar-refractivity contribution is 0.965. The molecule has 2 nitrogen and oxygen atoms in total. The van der Waals surface area contributed by atoms with Crippen LogP contribution in [-0.2, 0) is 0 Å². The van der Waals surface area contributed by atoms with Crippen LogP contribution in [0.25, 0.3) is 67.1 Å². The van der Waals surface area contributed by atoms with Gasteiger partial charge in [0.25, 0.3) is 0 Å². The fraction of sp³-hybridized carbons (Fsp3) is 0.130. The number of fused-ring (bicyclic) bond motifs is 8. The first-order valence-electron chi connectivity index (χ1n) is 17.5. The SMILES string of the molecule is CC1=Cc2c(cccc2-n2c3ccccc3c3ccccc32)C1[Si](C)(C)C1C(C)=Cc2c1cccc2-n1c2ccccc2c2ccccc21. The first-order chi connectivity index (χ1) is 23.9. The van der Waals surface area contributed by atoms with E-state index in [0.29, 0.717) is 11.1 Å². The van der Waals surface area contributed by atoms with E-state index in [4.69, 9.17) is 0 Å². The van der Waals surface area contributed by atoms with Gasteiger partial charge in [-0.05, 0) is 61.4 Å². The van der Waals surface area contributed by atoms with Crippen LogP contribution >= 0.6 is 0 Å². The average Bonchev–Trinajstić information content (AvgIpc) is 3.85. The van der Waals surface area contributed by atoms with Crippen LogP contribution in [0.4, 0.5) is 0 Å². The van der Waals surface area contributed by atoms with E-state index in [1.54, 1.807) is 0 Å². The van der Waals surface area contributed by atoms with Crippen LogP contribution in [0.5, 0.6) is 0 Å².